The molecule has 2 aromatic heterocycles. The van der Waals surface area contributed by atoms with Gasteiger partial charge in [-0.25, -0.2) is 4.98 Å². The number of carbonyl (C=O) groups excluding carboxylic acids is 1. The van der Waals surface area contributed by atoms with Crippen LogP contribution >= 0.6 is 0 Å². The molecule has 0 aliphatic heterocycles. The van der Waals surface area contributed by atoms with E-state index in [1.807, 2.05) is 35.0 Å². The highest BCUT2D eigenvalue weighted by Crippen LogP contribution is 2.18. The Balaban J connectivity index is 1.75. The molecule has 0 saturated heterocycles. The standard InChI is InChI=1S/C12H13N3O/c16-12(14-9-4-5-9)7-10-8-15-6-2-1-3-11(15)13-10/h1-3,6,8-9H,4-5,7H2,(H,14,16). The number of imidazole rings is 1. The molecule has 1 N–H and O–H groups in total. The number of amides is 1. The van der Waals surface area contributed by atoms with Crippen molar-refractivity contribution in [1.29, 1.82) is 0 Å². The van der Waals surface area contributed by atoms with Crippen molar-refractivity contribution in [2.45, 2.75) is 25.3 Å². The first-order valence-corrected chi connectivity index (χ1v) is 5.53. The van der Waals surface area contributed by atoms with Gasteiger partial charge in [0, 0.05) is 18.4 Å². The van der Waals surface area contributed by atoms with E-state index in [4.69, 9.17) is 0 Å². The van der Waals surface area contributed by atoms with E-state index in [9.17, 15) is 4.79 Å². The van der Waals surface area contributed by atoms with Crippen LogP contribution in [0.5, 0.6) is 0 Å². The molecule has 0 radical (unpaired) electrons. The summed E-state index contributed by atoms with van der Waals surface area (Å²) in [6, 6.07) is 6.24. The maximum atomic E-state index is 11.6. The van der Waals surface area contributed by atoms with Crippen LogP contribution in [0.4, 0.5) is 0 Å². The SMILES string of the molecule is O=C(Cc1cn2ccccc2n1)NC1CC1. The maximum Gasteiger partial charge on any atom is 0.226 e. The summed E-state index contributed by atoms with van der Waals surface area (Å²) >= 11 is 0. The fraction of sp³-hybridized carbons (Fsp3) is 0.333. The number of fused-ring (bicyclic) bond motifs is 1. The molecule has 1 fully saturated rings. The molecule has 1 aliphatic rings. The van der Waals surface area contributed by atoms with Crippen LogP contribution in [0, 0.1) is 0 Å². The van der Waals surface area contributed by atoms with Crippen molar-refractivity contribution in [3.63, 3.8) is 0 Å². The van der Waals surface area contributed by atoms with Crippen molar-refractivity contribution in [1.82, 2.24) is 14.7 Å². The van der Waals surface area contributed by atoms with Gasteiger partial charge in [-0.15, -0.1) is 0 Å². The maximum absolute atomic E-state index is 11.6. The van der Waals surface area contributed by atoms with E-state index in [1.54, 1.807) is 0 Å². The number of hydrogen-bond donors (Lipinski definition) is 1. The molecule has 0 atom stereocenters. The van der Waals surface area contributed by atoms with Crippen LogP contribution in [0.2, 0.25) is 0 Å². The number of hydrogen-bond acceptors (Lipinski definition) is 2. The summed E-state index contributed by atoms with van der Waals surface area (Å²) in [4.78, 5) is 16.0. The molecule has 0 unspecified atom stereocenters. The predicted octanol–water partition coefficient (Wildman–Crippen LogP) is 1.16. The topological polar surface area (TPSA) is 46.4 Å². The summed E-state index contributed by atoms with van der Waals surface area (Å²) in [6.45, 7) is 0. The highest BCUT2D eigenvalue weighted by molar-refractivity contribution is 5.78. The molecule has 82 valence electrons. The van der Waals surface area contributed by atoms with Crippen LogP contribution in [0.3, 0.4) is 0 Å². The monoisotopic (exact) mass is 215 g/mol. The van der Waals surface area contributed by atoms with Crippen molar-refractivity contribution in [2.24, 2.45) is 0 Å². The van der Waals surface area contributed by atoms with Crippen LogP contribution in [0.15, 0.2) is 30.6 Å². The molecule has 0 spiro atoms. The van der Waals surface area contributed by atoms with Crippen LogP contribution in [-0.2, 0) is 11.2 Å². The molecule has 3 rings (SSSR count). The Kier molecular flexibility index (Phi) is 2.13. The van der Waals surface area contributed by atoms with Gasteiger partial charge < -0.3 is 9.72 Å². The van der Waals surface area contributed by atoms with Gasteiger partial charge in [0.15, 0.2) is 0 Å². The third-order valence-corrected chi connectivity index (χ3v) is 2.70. The zero-order chi connectivity index (χ0) is 11.0. The third kappa shape index (κ3) is 1.91. The summed E-state index contributed by atoms with van der Waals surface area (Å²) < 4.78 is 1.93. The Morgan fingerprint density at radius 1 is 1.50 bits per heavy atom. The lowest BCUT2D eigenvalue weighted by Crippen LogP contribution is -2.27. The molecule has 1 amide bonds. The molecule has 0 aromatic carbocycles. The zero-order valence-corrected chi connectivity index (χ0v) is 8.89. The quantitative estimate of drug-likeness (QED) is 0.835. The summed E-state index contributed by atoms with van der Waals surface area (Å²) in [5, 5.41) is 2.96. The van der Waals surface area contributed by atoms with Gasteiger partial charge in [-0.2, -0.15) is 0 Å². The lowest BCUT2D eigenvalue weighted by atomic mass is 10.3. The van der Waals surface area contributed by atoms with E-state index in [1.165, 1.54) is 0 Å². The van der Waals surface area contributed by atoms with E-state index in [0.29, 0.717) is 12.5 Å². The highest BCUT2D eigenvalue weighted by atomic mass is 16.1. The Hall–Kier alpha value is -1.84. The van der Waals surface area contributed by atoms with Gasteiger partial charge in [0.1, 0.15) is 5.65 Å². The van der Waals surface area contributed by atoms with Crippen LogP contribution in [0.1, 0.15) is 18.5 Å². The number of carbonyl (C=O) groups is 1. The summed E-state index contributed by atoms with van der Waals surface area (Å²) in [5.41, 5.74) is 1.71. The summed E-state index contributed by atoms with van der Waals surface area (Å²) in [6.07, 6.45) is 6.46. The van der Waals surface area contributed by atoms with E-state index in [-0.39, 0.29) is 5.91 Å². The second-order valence-electron chi connectivity index (χ2n) is 4.22. The Bertz CT molecular complexity index is 495. The van der Waals surface area contributed by atoms with Crippen molar-refractivity contribution in [3.05, 3.63) is 36.3 Å². The van der Waals surface area contributed by atoms with E-state index in [0.717, 1.165) is 24.2 Å². The van der Waals surface area contributed by atoms with Crippen LogP contribution in [-0.4, -0.2) is 21.3 Å². The third-order valence-electron chi connectivity index (χ3n) is 2.70. The molecular weight excluding hydrogens is 202 g/mol. The largest absolute Gasteiger partial charge is 0.353 e. The summed E-state index contributed by atoms with van der Waals surface area (Å²) in [5.74, 6) is 0.0749. The first-order valence-electron chi connectivity index (χ1n) is 5.53. The molecule has 16 heavy (non-hydrogen) atoms. The van der Waals surface area contributed by atoms with Gasteiger partial charge in [-0.05, 0) is 25.0 Å². The second-order valence-corrected chi connectivity index (χ2v) is 4.22. The molecule has 4 heteroatoms. The fourth-order valence-electron chi connectivity index (χ4n) is 1.74. The van der Waals surface area contributed by atoms with Gasteiger partial charge in [0.25, 0.3) is 0 Å². The average molecular weight is 215 g/mol. The molecule has 1 aliphatic carbocycles. The minimum Gasteiger partial charge on any atom is -0.353 e. The first-order chi connectivity index (χ1) is 7.81. The van der Waals surface area contributed by atoms with Crippen molar-refractivity contribution < 1.29 is 4.79 Å². The van der Waals surface area contributed by atoms with E-state index in [2.05, 4.69) is 10.3 Å². The number of pyridine rings is 1. The lowest BCUT2D eigenvalue weighted by molar-refractivity contribution is -0.120. The minimum absolute atomic E-state index is 0.0749. The number of nitrogens with one attached hydrogen (secondary N) is 1. The van der Waals surface area contributed by atoms with Gasteiger partial charge in [0.2, 0.25) is 5.91 Å². The Labute approximate surface area is 93.3 Å². The molecule has 2 heterocycles. The summed E-state index contributed by atoms with van der Waals surface area (Å²) in [7, 11) is 0. The normalized spacial score (nSPS) is 15.2. The lowest BCUT2D eigenvalue weighted by Gasteiger charge is -1.99. The van der Waals surface area contributed by atoms with Gasteiger partial charge in [-0.1, -0.05) is 6.07 Å². The Morgan fingerprint density at radius 3 is 3.12 bits per heavy atom. The zero-order valence-electron chi connectivity index (χ0n) is 8.89. The predicted molar refractivity (Wildman–Crippen MR) is 60.1 cm³/mol. The smallest absolute Gasteiger partial charge is 0.226 e. The molecule has 1 saturated carbocycles. The van der Waals surface area contributed by atoms with E-state index < -0.39 is 0 Å². The minimum atomic E-state index is 0.0749. The highest BCUT2D eigenvalue weighted by Gasteiger charge is 2.23. The first kappa shape index (κ1) is 9.39. The number of nitrogens with zero attached hydrogens (tertiary/aromatic N) is 2. The fourth-order valence-corrected chi connectivity index (χ4v) is 1.74. The van der Waals surface area contributed by atoms with Crippen molar-refractivity contribution in [3.8, 4) is 0 Å². The van der Waals surface area contributed by atoms with Gasteiger partial charge in [-0.3, -0.25) is 4.79 Å². The van der Waals surface area contributed by atoms with Crippen LogP contribution in [0.25, 0.3) is 5.65 Å². The number of rotatable bonds is 3. The van der Waals surface area contributed by atoms with Crippen LogP contribution < -0.4 is 5.32 Å². The van der Waals surface area contributed by atoms with E-state index >= 15 is 0 Å². The van der Waals surface area contributed by atoms with Crippen molar-refractivity contribution >= 4 is 11.6 Å². The molecule has 4 nitrogen and oxygen atoms in total. The Morgan fingerprint density at radius 2 is 2.38 bits per heavy atom. The number of aromatic nitrogens is 2. The van der Waals surface area contributed by atoms with Gasteiger partial charge in [0.05, 0.1) is 12.1 Å². The van der Waals surface area contributed by atoms with Crippen molar-refractivity contribution in [2.75, 3.05) is 0 Å². The molecular formula is C12H13N3O. The van der Waals surface area contributed by atoms with Gasteiger partial charge >= 0.3 is 0 Å². The molecule has 2 aromatic rings. The second kappa shape index (κ2) is 3.63. The average Bonchev–Trinajstić information content (AvgIpc) is 2.97. The molecule has 0 bridgehead atoms.